The molecule has 0 aromatic heterocycles. The van der Waals surface area contributed by atoms with Crippen LogP contribution < -0.4 is 4.90 Å². The van der Waals surface area contributed by atoms with Gasteiger partial charge in [0.2, 0.25) is 0 Å². The van der Waals surface area contributed by atoms with Crippen molar-refractivity contribution in [2.24, 2.45) is 0 Å². The first-order valence-corrected chi connectivity index (χ1v) is 7.01. The summed E-state index contributed by atoms with van der Waals surface area (Å²) in [7, 11) is 0. The highest BCUT2D eigenvalue weighted by Gasteiger charge is 2.21. The Balaban J connectivity index is 1.81. The number of anilines is 1. The molecule has 2 aromatic rings. The molecule has 3 heteroatoms. The number of aryl methyl sites for hydroxylation is 1. The van der Waals surface area contributed by atoms with Crippen molar-refractivity contribution in [3.63, 3.8) is 0 Å². The molecule has 0 saturated heterocycles. The van der Waals surface area contributed by atoms with E-state index in [1.807, 2.05) is 12.1 Å². The number of halogens is 1. The average Bonchev–Trinajstić information content (AvgIpc) is 2.48. The van der Waals surface area contributed by atoms with E-state index in [1.165, 1.54) is 11.6 Å². The largest absolute Gasteiger partial charge is 0.386 e. The molecular weight excluding hydrogens is 253 g/mol. The highest BCUT2D eigenvalue weighted by atomic mass is 19.1. The van der Waals surface area contributed by atoms with E-state index in [9.17, 15) is 9.50 Å². The molecule has 2 nitrogen and oxygen atoms in total. The Labute approximate surface area is 118 Å². The number of hydrogen-bond acceptors (Lipinski definition) is 2. The first-order chi connectivity index (χ1) is 9.75. The normalized spacial score (nSPS) is 15.8. The van der Waals surface area contributed by atoms with E-state index < -0.39 is 6.10 Å². The minimum Gasteiger partial charge on any atom is -0.386 e. The number of hydrogen-bond donors (Lipinski definition) is 1. The van der Waals surface area contributed by atoms with Crippen LogP contribution in [0, 0.1) is 5.82 Å². The summed E-state index contributed by atoms with van der Waals surface area (Å²) < 4.78 is 13.7. The maximum Gasteiger partial charge on any atom is 0.129 e. The molecule has 104 valence electrons. The van der Waals surface area contributed by atoms with Gasteiger partial charge in [0, 0.05) is 24.3 Å². The van der Waals surface area contributed by atoms with Gasteiger partial charge in [-0.15, -0.1) is 0 Å². The van der Waals surface area contributed by atoms with Crippen LogP contribution in [0.15, 0.2) is 48.5 Å². The SMILES string of the molecule is OC(CN1CCCc2ccccc21)c1ccccc1F. The Morgan fingerprint density at radius 3 is 2.70 bits per heavy atom. The quantitative estimate of drug-likeness (QED) is 0.925. The highest BCUT2D eigenvalue weighted by molar-refractivity contribution is 5.55. The number of nitrogens with zero attached hydrogens (tertiary/aromatic N) is 1. The number of β-amino-alcohol motifs (C(OH)–C–C–N with tert-alkyl or cyclic N) is 1. The van der Waals surface area contributed by atoms with Crippen LogP contribution in [0.1, 0.15) is 23.7 Å². The zero-order valence-corrected chi connectivity index (χ0v) is 11.3. The third-order valence-corrected chi connectivity index (χ3v) is 3.86. The predicted molar refractivity (Wildman–Crippen MR) is 78.3 cm³/mol. The second-order valence-electron chi connectivity index (χ2n) is 5.22. The van der Waals surface area contributed by atoms with Gasteiger partial charge in [0.1, 0.15) is 5.82 Å². The van der Waals surface area contributed by atoms with Crippen molar-refractivity contribution >= 4 is 5.69 Å². The standard InChI is InChI=1S/C17H18FNO/c18-15-9-3-2-8-14(15)17(20)12-19-11-5-7-13-6-1-4-10-16(13)19/h1-4,6,8-10,17,20H,5,7,11-12H2. The molecule has 1 heterocycles. The maximum atomic E-state index is 13.7. The Kier molecular flexibility index (Phi) is 3.70. The fraction of sp³-hybridized carbons (Fsp3) is 0.294. The van der Waals surface area contributed by atoms with Crippen molar-refractivity contribution in [2.45, 2.75) is 18.9 Å². The molecule has 0 radical (unpaired) electrons. The summed E-state index contributed by atoms with van der Waals surface area (Å²) in [6.45, 7) is 1.33. The Morgan fingerprint density at radius 1 is 1.10 bits per heavy atom. The Morgan fingerprint density at radius 2 is 1.85 bits per heavy atom. The van der Waals surface area contributed by atoms with Crippen molar-refractivity contribution in [3.05, 3.63) is 65.5 Å². The van der Waals surface area contributed by atoms with Crippen LogP contribution in [0.2, 0.25) is 0 Å². The van der Waals surface area contributed by atoms with Crippen molar-refractivity contribution in [1.82, 2.24) is 0 Å². The van der Waals surface area contributed by atoms with Crippen molar-refractivity contribution in [1.29, 1.82) is 0 Å². The third-order valence-electron chi connectivity index (χ3n) is 3.86. The summed E-state index contributed by atoms with van der Waals surface area (Å²) in [6.07, 6.45) is 1.34. The first-order valence-electron chi connectivity index (χ1n) is 7.01. The second kappa shape index (κ2) is 5.63. The number of aliphatic hydroxyl groups is 1. The number of aliphatic hydroxyl groups excluding tert-OH is 1. The van der Waals surface area contributed by atoms with Crippen molar-refractivity contribution in [2.75, 3.05) is 18.0 Å². The highest BCUT2D eigenvalue weighted by Crippen LogP contribution is 2.29. The minimum absolute atomic E-state index is 0.342. The van der Waals surface area contributed by atoms with Gasteiger partial charge in [0.15, 0.2) is 0 Å². The van der Waals surface area contributed by atoms with Gasteiger partial charge in [-0.2, -0.15) is 0 Å². The lowest BCUT2D eigenvalue weighted by molar-refractivity contribution is 0.178. The first kappa shape index (κ1) is 13.1. The van der Waals surface area contributed by atoms with E-state index in [0.29, 0.717) is 12.1 Å². The van der Waals surface area contributed by atoms with Gasteiger partial charge in [-0.1, -0.05) is 36.4 Å². The molecular formula is C17H18FNO. The van der Waals surface area contributed by atoms with Crippen LogP contribution in [-0.4, -0.2) is 18.2 Å². The molecule has 2 aromatic carbocycles. The van der Waals surface area contributed by atoms with Gasteiger partial charge in [-0.05, 0) is 30.5 Å². The molecule has 0 amide bonds. The monoisotopic (exact) mass is 271 g/mol. The second-order valence-corrected chi connectivity index (χ2v) is 5.22. The van der Waals surface area contributed by atoms with Crippen LogP contribution >= 0.6 is 0 Å². The zero-order chi connectivity index (χ0) is 13.9. The lowest BCUT2D eigenvalue weighted by atomic mass is 10.0. The topological polar surface area (TPSA) is 23.5 Å². The summed E-state index contributed by atoms with van der Waals surface area (Å²) in [5, 5.41) is 10.3. The molecule has 1 atom stereocenters. The summed E-state index contributed by atoms with van der Waals surface area (Å²) >= 11 is 0. The minimum atomic E-state index is -0.803. The van der Waals surface area contributed by atoms with Gasteiger partial charge in [-0.3, -0.25) is 0 Å². The van der Waals surface area contributed by atoms with Crippen molar-refractivity contribution in [3.8, 4) is 0 Å². The third kappa shape index (κ3) is 2.54. The molecule has 1 unspecified atom stereocenters. The zero-order valence-electron chi connectivity index (χ0n) is 11.3. The molecule has 1 N–H and O–H groups in total. The van der Waals surface area contributed by atoms with E-state index in [0.717, 1.165) is 25.1 Å². The maximum absolute atomic E-state index is 13.7. The van der Waals surface area contributed by atoms with E-state index >= 15 is 0 Å². The summed E-state index contributed by atoms with van der Waals surface area (Å²) in [5.41, 5.74) is 2.84. The van der Waals surface area contributed by atoms with Crippen molar-refractivity contribution < 1.29 is 9.50 Å². The Hall–Kier alpha value is -1.87. The lowest BCUT2D eigenvalue weighted by Gasteiger charge is -2.33. The van der Waals surface area contributed by atoms with Crippen LogP contribution in [-0.2, 0) is 6.42 Å². The van der Waals surface area contributed by atoms with E-state index in [2.05, 4.69) is 17.0 Å². The molecule has 0 fully saturated rings. The number of rotatable bonds is 3. The molecule has 3 rings (SSSR count). The van der Waals surface area contributed by atoms with Crippen LogP contribution in [0.4, 0.5) is 10.1 Å². The van der Waals surface area contributed by atoms with Gasteiger partial charge in [0.25, 0.3) is 0 Å². The predicted octanol–water partition coefficient (Wildman–Crippen LogP) is 3.31. The number of para-hydroxylation sites is 1. The van der Waals surface area contributed by atoms with E-state index in [4.69, 9.17) is 0 Å². The van der Waals surface area contributed by atoms with Gasteiger partial charge < -0.3 is 10.0 Å². The van der Waals surface area contributed by atoms with Gasteiger partial charge >= 0.3 is 0 Å². The van der Waals surface area contributed by atoms with E-state index in [-0.39, 0.29) is 5.82 Å². The van der Waals surface area contributed by atoms with Crippen LogP contribution in [0.3, 0.4) is 0 Å². The molecule has 0 saturated carbocycles. The molecule has 1 aliphatic rings. The number of benzene rings is 2. The average molecular weight is 271 g/mol. The molecule has 1 aliphatic heterocycles. The number of fused-ring (bicyclic) bond motifs is 1. The molecule has 0 aliphatic carbocycles. The molecule has 0 bridgehead atoms. The van der Waals surface area contributed by atoms with Crippen LogP contribution in [0.5, 0.6) is 0 Å². The molecule has 0 spiro atoms. The Bertz CT molecular complexity index is 599. The fourth-order valence-electron chi connectivity index (χ4n) is 2.85. The molecule has 20 heavy (non-hydrogen) atoms. The fourth-order valence-corrected chi connectivity index (χ4v) is 2.85. The summed E-state index contributed by atoms with van der Waals surface area (Å²) in [6, 6.07) is 14.7. The van der Waals surface area contributed by atoms with Crippen LogP contribution in [0.25, 0.3) is 0 Å². The summed E-state index contributed by atoms with van der Waals surface area (Å²) in [4.78, 5) is 2.15. The van der Waals surface area contributed by atoms with Gasteiger partial charge in [-0.25, -0.2) is 4.39 Å². The van der Waals surface area contributed by atoms with Gasteiger partial charge in [0.05, 0.1) is 6.10 Å². The smallest absolute Gasteiger partial charge is 0.129 e. The van der Waals surface area contributed by atoms with E-state index in [1.54, 1.807) is 18.2 Å². The lowest BCUT2D eigenvalue weighted by Crippen LogP contribution is -2.33. The summed E-state index contributed by atoms with van der Waals surface area (Å²) in [5.74, 6) is -0.342.